The van der Waals surface area contributed by atoms with Gasteiger partial charge in [0.05, 0.1) is 18.2 Å². The van der Waals surface area contributed by atoms with Gasteiger partial charge >= 0.3 is 0 Å². The molecule has 0 bridgehead atoms. The van der Waals surface area contributed by atoms with E-state index in [0.717, 1.165) is 24.9 Å². The number of hydrogen-bond acceptors (Lipinski definition) is 5. The molecule has 1 saturated heterocycles. The molecule has 2 aliphatic rings. The first-order valence-corrected chi connectivity index (χ1v) is 10.4. The molecule has 1 unspecified atom stereocenters. The van der Waals surface area contributed by atoms with Gasteiger partial charge in [0.2, 0.25) is 0 Å². The third kappa shape index (κ3) is 4.70. The van der Waals surface area contributed by atoms with Gasteiger partial charge in [-0.05, 0) is 36.2 Å². The molecule has 0 radical (unpaired) electrons. The van der Waals surface area contributed by atoms with Crippen LogP contribution in [-0.4, -0.2) is 50.3 Å². The van der Waals surface area contributed by atoms with Crippen LogP contribution in [0.3, 0.4) is 0 Å². The maximum Gasteiger partial charge on any atom is 0.191 e. The molecule has 2 aromatic rings. The highest BCUT2D eigenvalue weighted by molar-refractivity contribution is 6.32. The van der Waals surface area contributed by atoms with Crippen LogP contribution in [-0.2, 0) is 6.54 Å². The van der Waals surface area contributed by atoms with E-state index < -0.39 is 0 Å². The fourth-order valence-electron chi connectivity index (χ4n) is 3.64. The summed E-state index contributed by atoms with van der Waals surface area (Å²) >= 11 is 6.37. The van der Waals surface area contributed by atoms with E-state index >= 15 is 0 Å². The number of guanidine groups is 1. The van der Waals surface area contributed by atoms with Crippen molar-refractivity contribution in [2.75, 3.05) is 38.3 Å². The summed E-state index contributed by atoms with van der Waals surface area (Å²) in [6.45, 7) is 3.13. The van der Waals surface area contributed by atoms with Crippen LogP contribution < -0.4 is 25.0 Å². The largest absolute Gasteiger partial charge is 0.489 e. The van der Waals surface area contributed by atoms with Gasteiger partial charge in [0, 0.05) is 45.3 Å². The molecule has 0 saturated carbocycles. The Morgan fingerprint density at radius 1 is 1.37 bits per heavy atom. The summed E-state index contributed by atoms with van der Waals surface area (Å²) < 4.78 is 25.4. The van der Waals surface area contributed by atoms with E-state index in [9.17, 15) is 4.39 Å². The van der Waals surface area contributed by atoms with Crippen molar-refractivity contribution in [3.63, 3.8) is 0 Å². The Morgan fingerprint density at radius 2 is 2.23 bits per heavy atom. The Balaban J connectivity index is 1.34. The minimum absolute atomic E-state index is 0.143. The molecule has 4 rings (SSSR count). The molecule has 1 fully saturated rings. The quantitative estimate of drug-likeness (QED) is 0.570. The second-order valence-corrected chi connectivity index (χ2v) is 7.67. The standard InChI is InChI=1S/C21H25ClFN5O2/c1-24-21(27-15-5-7-28(13-15)20-17(23)4-2-6-25-20)26-12-14-10-16(22)19-18(11-14)29-8-3-9-30-19/h2,4,6,10-11,15H,3,5,7-9,12-13H2,1H3,(H2,24,26,27). The molecule has 1 atom stereocenters. The summed E-state index contributed by atoms with van der Waals surface area (Å²) in [5.74, 6) is 2.04. The van der Waals surface area contributed by atoms with Gasteiger partial charge in [-0.1, -0.05) is 11.6 Å². The topological polar surface area (TPSA) is 71.0 Å². The van der Waals surface area contributed by atoms with Gasteiger partial charge in [-0.25, -0.2) is 9.37 Å². The number of halogens is 2. The Labute approximate surface area is 180 Å². The number of nitrogens with one attached hydrogen (secondary N) is 2. The minimum Gasteiger partial charge on any atom is -0.489 e. The van der Waals surface area contributed by atoms with E-state index in [4.69, 9.17) is 21.1 Å². The van der Waals surface area contributed by atoms with Crippen molar-refractivity contribution in [3.05, 3.63) is 46.9 Å². The molecule has 0 amide bonds. The number of hydrogen-bond donors (Lipinski definition) is 2. The first kappa shape index (κ1) is 20.5. The second-order valence-electron chi connectivity index (χ2n) is 7.27. The van der Waals surface area contributed by atoms with Crippen molar-refractivity contribution in [1.29, 1.82) is 0 Å². The number of aliphatic imine (C=N–C) groups is 1. The number of rotatable bonds is 4. The van der Waals surface area contributed by atoms with Crippen LogP contribution in [0.15, 0.2) is 35.5 Å². The number of benzene rings is 1. The monoisotopic (exact) mass is 433 g/mol. The molecule has 7 nitrogen and oxygen atoms in total. The number of ether oxygens (including phenoxy) is 2. The lowest BCUT2D eigenvalue weighted by Gasteiger charge is -2.20. The van der Waals surface area contributed by atoms with E-state index in [1.165, 1.54) is 6.07 Å². The molecular weight excluding hydrogens is 409 g/mol. The zero-order valence-corrected chi connectivity index (χ0v) is 17.6. The number of fused-ring (bicyclic) bond motifs is 1. The van der Waals surface area contributed by atoms with Gasteiger partial charge in [-0.2, -0.15) is 0 Å². The maximum atomic E-state index is 14.0. The zero-order chi connectivity index (χ0) is 20.9. The second kappa shape index (κ2) is 9.38. The van der Waals surface area contributed by atoms with Gasteiger partial charge < -0.3 is 25.0 Å². The lowest BCUT2D eigenvalue weighted by Crippen LogP contribution is -2.44. The van der Waals surface area contributed by atoms with Crippen molar-refractivity contribution in [1.82, 2.24) is 15.6 Å². The van der Waals surface area contributed by atoms with Gasteiger partial charge in [0.1, 0.15) is 0 Å². The van der Waals surface area contributed by atoms with Crippen molar-refractivity contribution in [3.8, 4) is 11.5 Å². The Kier molecular flexibility index (Phi) is 6.42. The first-order valence-electron chi connectivity index (χ1n) is 10.0. The molecule has 2 aliphatic heterocycles. The van der Waals surface area contributed by atoms with Crippen LogP contribution in [0.2, 0.25) is 5.02 Å². The Morgan fingerprint density at radius 3 is 3.07 bits per heavy atom. The van der Waals surface area contributed by atoms with E-state index in [2.05, 4.69) is 20.6 Å². The summed E-state index contributed by atoms with van der Waals surface area (Å²) in [4.78, 5) is 10.4. The number of aromatic nitrogens is 1. The van der Waals surface area contributed by atoms with E-state index in [1.54, 1.807) is 19.3 Å². The molecule has 30 heavy (non-hydrogen) atoms. The summed E-state index contributed by atoms with van der Waals surface area (Å²) in [6.07, 6.45) is 3.31. The van der Waals surface area contributed by atoms with Crippen LogP contribution in [0.4, 0.5) is 10.2 Å². The zero-order valence-electron chi connectivity index (χ0n) is 16.8. The third-order valence-electron chi connectivity index (χ3n) is 5.11. The molecule has 1 aromatic heterocycles. The van der Waals surface area contributed by atoms with E-state index in [0.29, 0.717) is 54.6 Å². The maximum absolute atomic E-state index is 14.0. The summed E-state index contributed by atoms with van der Waals surface area (Å²) in [5, 5.41) is 7.24. The normalized spacial score (nSPS) is 18.8. The molecule has 0 aliphatic carbocycles. The average molecular weight is 434 g/mol. The summed E-state index contributed by atoms with van der Waals surface area (Å²) in [7, 11) is 1.72. The van der Waals surface area contributed by atoms with Crippen LogP contribution in [0.5, 0.6) is 11.5 Å². The minimum atomic E-state index is -0.299. The van der Waals surface area contributed by atoms with Crippen molar-refractivity contribution >= 4 is 23.4 Å². The number of pyridine rings is 1. The molecule has 9 heteroatoms. The highest BCUT2D eigenvalue weighted by Gasteiger charge is 2.26. The smallest absolute Gasteiger partial charge is 0.191 e. The SMILES string of the molecule is CN=C(NCc1cc(Cl)c2c(c1)OCCCO2)NC1CCN(c2ncccc2F)C1. The molecule has 1 aromatic carbocycles. The number of nitrogens with zero attached hydrogens (tertiary/aromatic N) is 3. The predicted octanol–water partition coefficient (Wildman–Crippen LogP) is 2.98. The van der Waals surface area contributed by atoms with Gasteiger partial charge in [-0.3, -0.25) is 4.99 Å². The molecule has 3 heterocycles. The van der Waals surface area contributed by atoms with Crippen LogP contribution in [0, 0.1) is 5.82 Å². The highest BCUT2D eigenvalue weighted by Crippen LogP contribution is 2.37. The van der Waals surface area contributed by atoms with Gasteiger partial charge in [0.25, 0.3) is 0 Å². The molecule has 2 N–H and O–H groups in total. The molecule has 160 valence electrons. The first-order chi connectivity index (χ1) is 14.6. The average Bonchev–Trinajstić information content (AvgIpc) is 3.07. The summed E-state index contributed by atoms with van der Waals surface area (Å²) in [5.41, 5.74) is 0.968. The van der Waals surface area contributed by atoms with Crippen LogP contribution in [0.25, 0.3) is 0 Å². The van der Waals surface area contributed by atoms with Crippen molar-refractivity contribution in [2.45, 2.75) is 25.4 Å². The Hall–Kier alpha value is -2.74. The van der Waals surface area contributed by atoms with Gasteiger partial charge in [0.15, 0.2) is 29.1 Å². The van der Waals surface area contributed by atoms with Crippen LogP contribution >= 0.6 is 11.6 Å². The predicted molar refractivity (Wildman–Crippen MR) is 115 cm³/mol. The molecular formula is C21H25ClFN5O2. The lowest BCUT2D eigenvalue weighted by atomic mass is 10.2. The number of anilines is 1. The van der Waals surface area contributed by atoms with Gasteiger partial charge in [-0.15, -0.1) is 0 Å². The lowest BCUT2D eigenvalue weighted by molar-refractivity contribution is 0.297. The fraction of sp³-hybridized carbons (Fsp3) is 0.429. The summed E-state index contributed by atoms with van der Waals surface area (Å²) in [6, 6.07) is 6.99. The third-order valence-corrected chi connectivity index (χ3v) is 5.39. The van der Waals surface area contributed by atoms with E-state index in [1.807, 2.05) is 17.0 Å². The van der Waals surface area contributed by atoms with Crippen molar-refractivity contribution in [2.24, 2.45) is 4.99 Å². The Bertz CT molecular complexity index is 926. The molecule has 0 spiro atoms. The van der Waals surface area contributed by atoms with Crippen molar-refractivity contribution < 1.29 is 13.9 Å². The van der Waals surface area contributed by atoms with E-state index in [-0.39, 0.29) is 11.9 Å². The highest BCUT2D eigenvalue weighted by atomic mass is 35.5. The fourth-order valence-corrected chi connectivity index (χ4v) is 3.93. The van der Waals surface area contributed by atoms with Crippen LogP contribution in [0.1, 0.15) is 18.4 Å².